The molecule has 112 valence electrons. The summed E-state index contributed by atoms with van der Waals surface area (Å²) in [5.41, 5.74) is 0.0638. The molecule has 0 spiro atoms. The molecule has 0 aliphatic rings. The van der Waals surface area contributed by atoms with Crippen LogP contribution < -0.4 is 4.74 Å². The first-order valence-corrected chi connectivity index (χ1v) is 5.92. The number of ketones is 1. The van der Waals surface area contributed by atoms with Crippen LogP contribution in [0.25, 0.3) is 0 Å². The van der Waals surface area contributed by atoms with E-state index in [2.05, 4.69) is 9.47 Å². The summed E-state index contributed by atoms with van der Waals surface area (Å²) >= 11 is 0. The summed E-state index contributed by atoms with van der Waals surface area (Å²) in [6.45, 7) is 1.81. The van der Waals surface area contributed by atoms with Crippen molar-refractivity contribution >= 4 is 23.7 Å². The number of rotatable bonds is 5. The van der Waals surface area contributed by atoms with Gasteiger partial charge in [0.25, 0.3) is 0 Å². The zero-order chi connectivity index (χ0) is 16.0. The number of ether oxygens (including phenoxy) is 3. The average Bonchev–Trinajstić information content (AvgIpc) is 2.43. The molecule has 7 heteroatoms. The highest BCUT2D eigenvalue weighted by molar-refractivity contribution is 6.03. The molecule has 0 bridgehead atoms. The first-order valence-electron chi connectivity index (χ1n) is 5.92. The number of carbonyl (C=O) groups is 4. The van der Waals surface area contributed by atoms with E-state index in [1.807, 2.05) is 0 Å². The van der Waals surface area contributed by atoms with Gasteiger partial charge in [-0.3, -0.25) is 14.4 Å². The molecule has 1 aromatic carbocycles. The van der Waals surface area contributed by atoms with Gasteiger partial charge in [0, 0.05) is 13.8 Å². The van der Waals surface area contributed by atoms with E-state index >= 15 is 0 Å². The number of carbonyl (C=O) groups excluding carboxylic acids is 4. The first-order chi connectivity index (χ1) is 9.85. The SMILES string of the molecule is COC(=O)c1ccc(OC(C)=O)c(C(=O)COC(C)=O)c1. The quantitative estimate of drug-likeness (QED) is 0.456. The molecule has 0 N–H and O–H groups in total. The average molecular weight is 294 g/mol. The monoisotopic (exact) mass is 294 g/mol. The highest BCUT2D eigenvalue weighted by Crippen LogP contribution is 2.22. The Labute approximate surface area is 120 Å². The molecule has 1 rings (SSSR count). The third-order valence-corrected chi connectivity index (χ3v) is 2.36. The molecule has 0 aliphatic heterocycles. The number of hydrogen-bond donors (Lipinski definition) is 0. The van der Waals surface area contributed by atoms with Gasteiger partial charge in [0.2, 0.25) is 5.78 Å². The second kappa shape index (κ2) is 7.18. The predicted octanol–water partition coefficient (Wildman–Crippen LogP) is 1.14. The van der Waals surface area contributed by atoms with Crippen LogP contribution in [-0.2, 0) is 19.1 Å². The van der Waals surface area contributed by atoms with Crippen molar-refractivity contribution in [2.75, 3.05) is 13.7 Å². The number of hydrogen-bond acceptors (Lipinski definition) is 7. The largest absolute Gasteiger partial charge is 0.465 e. The van der Waals surface area contributed by atoms with Crippen LogP contribution in [0.5, 0.6) is 5.75 Å². The molecule has 0 saturated heterocycles. The van der Waals surface area contributed by atoms with Crippen LogP contribution in [0.3, 0.4) is 0 Å². The molecule has 0 heterocycles. The summed E-state index contributed by atoms with van der Waals surface area (Å²) < 4.78 is 14.0. The van der Waals surface area contributed by atoms with Crippen LogP contribution in [0.1, 0.15) is 34.6 Å². The maximum Gasteiger partial charge on any atom is 0.337 e. The van der Waals surface area contributed by atoms with Crippen molar-refractivity contribution < 1.29 is 33.4 Å². The topological polar surface area (TPSA) is 96.0 Å². The standard InChI is InChI=1S/C14H14O7/c1-8(15)20-7-12(17)11-6-10(14(18)19-3)4-5-13(11)21-9(2)16/h4-6H,7H2,1-3H3. The highest BCUT2D eigenvalue weighted by atomic mass is 16.5. The molecule has 0 aliphatic carbocycles. The summed E-state index contributed by atoms with van der Waals surface area (Å²) in [4.78, 5) is 45.2. The fourth-order valence-electron chi connectivity index (χ4n) is 1.48. The first kappa shape index (κ1) is 16.4. The van der Waals surface area contributed by atoms with Gasteiger partial charge in [-0.1, -0.05) is 0 Å². The lowest BCUT2D eigenvalue weighted by atomic mass is 10.1. The van der Waals surface area contributed by atoms with E-state index in [1.54, 1.807) is 0 Å². The Kier molecular flexibility index (Phi) is 5.59. The van der Waals surface area contributed by atoms with Crippen LogP contribution >= 0.6 is 0 Å². The lowest BCUT2D eigenvalue weighted by Crippen LogP contribution is -2.15. The molecule has 7 nitrogen and oxygen atoms in total. The van der Waals surface area contributed by atoms with E-state index in [4.69, 9.17) is 4.74 Å². The maximum absolute atomic E-state index is 12.0. The summed E-state index contributed by atoms with van der Waals surface area (Å²) in [5, 5.41) is 0. The normalized spacial score (nSPS) is 9.67. The second-order valence-corrected chi connectivity index (χ2v) is 4.00. The Hall–Kier alpha value is -2.70. The van der Waals surface area contributed by atoms with Crippen LogP contribution in [0, 0.1) is 0 Å². The highest BCUT2D eigenvalue weighted by Gasteiger charge is 2.18. The van der Waals surface area contributed by atoms with E-state index in [-0.39, 0.29) is 16.9 Å². The van der Waals surface area contributed by atoms with E-state index in [1.165, 1.54) is 32.2 Å². The molecule has 0 atom stereocenters. The number of esters is 3. The van der Waals surface area contributed by atoms with Crippen molar-refractivity contribution in [1.82, 2.24) is 0 Å². The van der Waals surface area contributed by atoms with Gasteiger partial charge < -0.3 is 14.2 Å². The third-order valence-electron chi connectivity index (χ3n) is 2.36. The summed E-state index contributed by atoms with van der Waals surface area (Å²) in [6.07, 6.45) is 0. The van der Waals surface area contributed by atoms with Gasteiger partial charge >= 0.3 is 17.9 Å². The molecule has 21 heavy (non-hydrogen) atoms. The minimum absolute atomic E-state index is 0.0210. The van der Waals surface area contributed by atoms with Gasteiger partial charge in [-0.2, -0.15) is 0 Å². The summed E-state index contributed by atoms with van der Waals surface area (Å²) in [7, 11) is 1.20. The van der Waals surface area contributed by atoms with Crippen LogP contribution in [-0.4, -0.2) is 37.4 Å². The molecule has 0 amide bonds. The van der Waals surface area contributed by atoms with Gasteiger partial charge in [0.05, 0.1) is 18.2 Å². The Morgan fingerprint density at radius 2 is 1.71 bits per heavy atom. The molecule has 0 fully saturated rings. The maximum atomic E-state index is 12.0. The Bertz CT molecular complexity index is 589. The van der Waals surface area contributed by atoms with Crippen molar-refractivity contribution in [2.24, 2.45) is 0 Å². The fraction of sp³-hybridized carbons (Fsp3) is 0.286. The Morgan fingerprint density at radius 1 is 1.05 bits per heavy atom. The zero-order valence-electron chi connectivity index (χ0n) is 11.8. The number of benzene rings is 1. The summed E-state index contributed by atoms with van der Waals surface area (Å²) in [5.74, 6) is -2.52. The van der Waals surface area contributed by atoms with Crippen LogP contribution in [0.2, 0.25) is 0 Å². The predicted molar refractivity (Wildman–Crippen MR) is 70.1 cm³/mol. The van der Waals surface area contributed by atoms with Crippen molar-refractivity contribution in [3.8, 4) is 5.75 Å². The second-order valence-electron chi connectivity index (χ2n) is 4.00. The lowest BCUT2D eigenvalue weighted by molar-refractivity contribution is -0.140. The van der Waals surface area contributed by atoms with Gasteiger partial charge in [-0.05, 0) is 18.2 Å². The van der Waals surface area contributed by atoms with Crippen LogP contribution in [0.15, 0.2) is 18.2 Å². The molecule has 0 saturated carbocycles. The van der Waals surface area contributed by atoms with Crippen molar-refractivity contribution in [3.63, 3.8) is 0 Å². The molecule has 0 unspecified atom stereocenters. The lowest BCUT2D eigenvalue weighted by Gasteiger charge is -2.10. The van der Waals surface area contributed by atoms with Crippen molar-refractivity contribution in [3.05, 3.63) is 29.3 Å². The Morgan fingerprint density at radius 3 is 2.24 bits per heavy atom. The molecule has 1 aromatic rings. The van der Waals surface area contributed by atoms with Gasteiger partial charge in [0.15, 0.2) is 6.61 Å². The molecular weight excluding hydrogens is 280 g/mol. The Balaban J connectivity index is 3.15. The molecule has 0 aromatic heterocycles. The van der Waals surface area contributed by atoms with Crippen molar-refractivity contribution in [1.29, 1.82) is 0 Å². The summed E-state index contributed by atoms with van der Waals surface area (Å²) in [6, 6.07) is 3.87. The number of Topliss-reactive ketones (excluding diaryl/α,β-unsaturated/α-hetero) is 1. The minimum Gasteiger partial charge on any atom is -0.465 e. The van der Waals surface area contributed by atoms with E-state index in [0.717, 1.165) is 6.92 Å². The third kappa shape index (κ3) is 4.72. The van der Waals surface area contributed by atoms with Crippen molar-refractivity contribution in [2.45, 2.75) is 13.8 Å². The molecule has 0 radical (unpaired) electrons. The zero-order valence-corrected chi connectivity index (χ0v) is 11.8. The fourth-order valence-corrected chi connectivity index (χ4v) is 1.48. The van der Waals surface area contributed by atoms with Gasteiger partial charge in [-0.25, -0.2) is 4.79 Å². The minimum atomic E-state index is -0.647. The number of methoxy groups -OCH3 is 1. The van der Waals surface area contributed by atoms with Gasteiger partial charge in [0.1, 0.15) is 5.75 Å². The van der Waals surface area contributed by atoms with E-state index in [0.29, 0.717) is 0 Å². The smallest absolute Gasteiger partial charge is 0.337 e. The van der Waals surface area contributed by atoms with E-state index in [9.17, 15) is 19.2 Å². The van der Waals surface area contributed by atoms with Gasteiger partial charge in [-0.15, -0.1) is 0 Å². The van der Waals surface area contributed by atoms with E-state index < -0.39 is 30.3 Å². The molecular formula is C14H14O7. The van der Waals surface area contributed by atoms with Crippen LogP contribution in [0.4, 0.5) is 0 Å².